The van der Waals surface area contributed by atoms with Crippen LogP contribution in [0.1, 0.15) is 37.3 Å². The predicted octanol–water partition coefficient (Wildman–Crippen LogP) is 2.68. The number of hydrogen-bond donors (Lipinski definition) is 1. The molecule has 2 rings (SSSR count). The molecule has 0 saturated carbocycles. The van der Waals surface area contributed by atoms with Gasteiger partial charge in [0.1, 0.15) is 12.4 Å². The average Bonchev–Trinajstić information content (AvgIpc) is 2.85. The third kappa shape index (κ3) is 4.26. The van der Waals surface area contributed by atoms with E-state index in [1.807, 2.05) is 25.1 Å². The van der Waals surface area contributed by atoms with Gasteiger partial charge in [-0.05, 0) is 50.5 Å². The largest absolute Gasteiger partial charge is 0.491 e. The molecule has 1 N–H and O–H groups in total. The summed E-state index contributed by atoms with van der Waals surface area (Å²) >= 11 is 0. The Morgan fingerprint density at radius 1 is 1.40 bits per heavy atom. The standard InChI is InChI=1S/C17H22O3/c1-13-11-16(9-7-15(13)5-3-4-10-18)19-12-17-8-6-14(2)20-17/h7,9,11,14,17-18H,4,6,8,10,12H2,1-2H3. The highest BCUT2D eigenvalue weighted by atomic mass is 16.5. The zero-order valence-electron chi connectivity index (χ0n) is 12.2. The Balaban J connectivity index is 1.90. The molecular weight excluding hydrogens is 252 g/mol. The first kappa shape index (κ1) is 14.9. The van der Waals surface area contributed by atoms with Gasteiger partial charge >= 0.3 is 0 Å². The zero-order valence-corrected chi connectivity index (χ0v) is 12.2. The third-order valence-corrected chi connectivity index (χ3v) is 3.41. The van der Waals surface area contributed by atoms with Crippen molar-refractivity contribution in [3.05, 3.63) is 29.3 Å². The highest BCUT2D eigenvalue weighted by molar-refractivity contribution is 5.44. The maximum atomic E-state index is 8.72. The Bertz CT molecular complexity index is 499. The molecule has 0 aromatic heterocycles. The van der Waals surface area contributed by atoms with Crippen molar-refractivity contribution in [3.8, 4) is 17.6 Å². The fourth-order valence-electron chi connectivity index (χ4n) is 2.28. The number of hydrogen-bond acceptors (Lipinski definition) is 3. The fourth-order valence-corrected chi connectivity index (χ4v) is 2.28. The van der Waals surface area contributed by atoms with Crippen molar-refractivity contribution >= 4 is 0 Å². The van der Waals surface area contributed by atoms with Gasteiger partial charge in [0.15, 0.2) is 0 Å². The summed E-state index contributed by atoms with van der Waals surface area (Å²) < 4.78 is 11.5. The number of rotatable bonds is 4. The molecule has 3 heteroatoms. The minimum absolute atomic E-state index is 0.104. The molecule has 1 fully saturated rings. The summed E-state index contributed by atoms with van der Waals surface area (Å²) in [5, 5.41) is 8.72. The molecule has 1 aliphatic rings. The molecule has 0 spiro atoms. The maximum absolute atomic E-state index is 8.72. The van der Waals surface area contributed by atoms with Crippen LogP contribution in [0.4, 0.5) is 0 Å². The lowest BCUT2D eigenvalue weighted by molar-refractivity contribution is 0.0264. The van der Waals surface area contributed by atoms with E-state index in [-0.39, 0.29) is 12.7 Å². The summed E-state index contributed by atoms with van der Waals surface area (Å²) in [7, 11) is 0. The summed E-state index contributed by atoms with van der Waals surface area (Å²) in [5.74, 6) is 6.85. The Morgan fingerprint density at radius 2 is 2.25 bits per heavy atom. The second-order valence-electron chi connectivity index (χ2n) is 5.21. The van der Waals surface area contributed by atoms with E-state index in [2.05, 4.69) is 18.8 Å². The molecule has 0 bridgehead atoms. The summed E-state index contributed by atoms with van der Waals surface area (Å²) in [6.45, 7) is 4.83. The van der Waals surface area contributed by atoms with Crippen LogP contribution in [0.2, 0.25) is 0 Å². The molecule has 1 aliphatic heterocycles. The van der Waals surface area contributed by atoms with Crippen molar-refractivity contribution in [2.45, 2.75) is 45.3 Å². The van der Waals surface area contributed by atoms with Crippen molar-refractivity contribution < 1.29 is 14.6 Å². The highest BCUT2D eigenvalue weighted by Crippen LogP contribution is 2.21. The first-order valence-electron chi connectivity index (χ1n) is 7.17. The van der Waals surface area contributed by atoms with Gasteiger partial charge in [-0.1, -0.05) is 11.8 Å². The van der Waals surface area contributed by atoms with Crippen molar-refractivity contribution in [1.82, 2.24) is 0 Å². The van der Waals surface area contributed by atoms with Crippen LogP contribution in [-0.2, 0) is 4.74 Å². The van der Waals surface area contributed by atoms with Gasteiger partial charge < -0.3 is 14.6 Å². The van der Waals surface area contributed by atoms with Crippen LogP contribution in [0.5, 0.6) is 5.75 Å². The number of aliphatic hydroxyl groups is 1. The maximum Gasteiger partial charge on any atom is 0.119 e. The van der Waals surface area contributed by atoms with Crippen molar-refractivity contribution in [3.63, 3.8) is 0 Å². The fraction of sp³-hybridized carbons (Fsp3) is 0.529. The summed E-state index contributed by atoms with van der Waals surface area (Å²) in [5.41, 5.74) is 2.07. The van der Waals surface area contributed by atoms with E-state index in [0.29, 0.717) is 19.1 Å². The monoisotopic (exact) mass is 274 g/mol. The zero-order chi connectivity index (χ0) is 14.4. The first-order valence-corrected chi connectivity index (χ1v) is 7.17. The van der Waals surface area contributed by atoms with Gasteiger partial charge in [0.05, 0.1) is 18.8 Å². The molecule has 1 aromatic carbocycles. The van der Waals surface area contributed by atoms with Crippen LogP contribution in [-0.4, -0.2) is 30.5 Å². The van der Waals surface area contributed by atoms with Crippen molar-refractivity contribution in [2.24, 2.45) is 0 Å². The van der Waals surface area contributed by atoms with E-state index in [1.165, 1.54) is 0 Å². The molecular formula is C17H22O3. The molecule has 1 heterocycles. The lowest BCUT2D eigenvalue weighted by Gasteiger charge is -2.13. The molecule has 1 saturated heterocycles. The van der Waals surface area contributed by atoms with E-state index in [0.717, 1.165) is 29.7 Å². The van der Waals surface area contributed by atoms with Gasteiger partial charge in [0, 0.05) is 12.0 Å². The Morgan fingerprint density at radius 3 is 2.90 bits per heavy atom. The highest BCUT2D eigenvalue weighted by Gasteiger charge is 2.22. The Labute approximate surface area is 120 Å². The van der Waals surface area contributed by atoms with Crippen LogP contribution >= 0.6 is 0 Å². The summed E-state index contributed by atoms with van der Waals surface area (Å²) in [6.07, 6.45) is 3.27. The van der Waals surface area contributed by atoms with Gasteiger partial charge in [0.25, 0.3) is 0 Å². The van der Waals surface area contributed by atoms with Crippen molar-refractivity contribution in [1.29, 1.82) is 0 Å². The van der Waals surface area contributed by atoms with Gasteiger partial charge in [-0.25, -0.2) is 0 Å². The van der Waals surface area contributed by atoms with E-state index >= 15 is 0 Å². The van der Waals surface area contributed by atoms with E-state index in [9.17, 15) is 0 Å². The molecule has 2 unspecified atom stereocenters. The average molecular weight is 274 g/mol. The number of benzene rings is 1. The molecule has 3 nitrogen and oxygen atoms in total. The van der Waals surface area contributed by atoms with Crippen LogP contribution < -0.4 is 4.74 Å². The second kappa shape index (κ2) is 7.33. The van der Waals surface area contributed by atoms with Crippen LogP contribution in [0.25, 0.3) is 0 Å². The van der Waals surface area contributed by atoms with Crippen LogP contribution in [0.3, 0.4) is 0 Å². The third-order valence-electron chi connectivity index (χ3n) is 3.41. The van der Waals surface area contributed by atoms with Gasteiger partial charge in [-0.3, -0.25) is 0 Å². The molecule has 2 atom stereocenters. The Hall–Kier alpha value is -1.50. The smallest absolute Gasteiger partial charge is 0.119 e. The van der Waals surface area contributed by atoms with Crippen LogP contribution in [0, 0.1) is 18.8 Å². The molecule has 0 aliphatic carbocycles. The lowest BCUT2D eigenvalue weighted by atomic mass is 10.1. The number of aliphatic hydroxyl groups excluding tert-OH is 1. The molecule has 1 aromatic rings. The topological polar surface area (TPSA) is 38.7 Å². The van der Waals surface area contributed by atoms with Gasteiger partial charge in [-0.2, -0.15) is 0 Å². The summed E-state index contributed by atoms with van der Waals surface area (Å²) in [6, 6.07) is 5.91. The quantitative estimate of drug-likeness (QED) is 0.858. The minimum atomic E-state index is 0.104. The van der Waals surface area contributed by atoms with Gasteiger partial charge in [-0.15, -0.1) is 0 Å². The van der Waals surface area contributed by atoms with Crippen LogP contribution in [0.15, 0.2) is 18.2 Å². The first-order chi connectivity index (χ1) is 9.69. The van der Waals surface area contributed by atoms with Crippen molar-refractivity contribution in [2.75, 3.05) is 13.2 Å². The second-order valence-corrected chi connectivity index (χ2v) is 5.21. The SMILES string of the molecule is Cc1cc(OCC2CCC(C)O2)ccc1C#CCCO. The van der Waals surface area contributed by atoms with E-state index in [4.69, 9.17) is 14.6 Å². The summed E-state index contributed by atoms with van der Waals surface area (Å²) in [4.78, 5) is 0. The molecule has 0 amide bonds. The minimum Gasteiger partial charge on any atom is -0.491 e. The molecule has 108 valence electrons. The molecule has 0 radical (unpaired) electrons. The van der Waals surface area contributed by atoms with Gasteiger partial charge in [0.2, 0.25) is 0 Å². The normalized spacial score (nSPS) is 21.4. The predicted molar refractivity (Wildman–Crippen MR) is 78.8 cm³/mol. The van der Waals surface area contributed by atoms with E-state index < -0.39 is 0 Å². The lowest BCUT2D eigenvalue weighted by Crippen LogP contribution is -2.17. The van der Waals surface area contributed by atoms with E-state index in [1.54, 1.807) is 0 Å². The Kier molecular flexibility index (Phi) is 5.46. The number of ether oxygens (including phenoxy) is 2. The molecule has 20 heavy (non-hydrogen) atoms. The number of aryl methyl sites for hydroxylation is 1.